The van der Waals surface area contributed by atoms with Gasteiger partial charge in [0, 0.05) is 32.9 Å². The maximum absolute atomic E-state index is 12.5. The SMILES string of the molecule is CCCCC(=O)c1ccc2c(c1)N=C(c1ccccc1)c1ccccc1S2. The Morgan fingerprint density at radius 1 is 0.926 bits per heavy atom. The van der Waals surface area contributed by atoms with Crippen molar-refractivity contribution in [2.45, 2.75) is 36.0 Å². The lowest BCUT2D eigenvalue weighted by atomic mass is 10.0. The molecular formula is C24H21NOS. The number of benzene rings is 3. The summed E-state index contributed by atoms with van der Waals surface area (Å²) >= 11 is 1.71. The molecule has 0 spiro atoms. The second-order valence-electron chi connectivity index (χ2n) is 6.63. The van der Waals surface area contributed by atoms with Crippen LogP contribution >= 0.6 is 11.8 Å². The fourth-order valence-corrected chi connectivity index (χ4v) is 4.22. The third-order valence-electron chi connectivity index (χ3n) is 4.68. The summed E-state index contributed by atoms with van der Waals surface area (Å²) in [5.74, 6) is 0.197. The third-order valence-corrected chi connectivity index (χ3v) is 5.82. The molecule has 0 fully saturated rings. The van der Waals surface area contributed by atoms with Crippen LogP contribution in [0.15, 0.2) is 87.6 Å². The van der Waals surface area contributed by atoms with Gasteiger partial charge in [0.25, 0.3) is 0 Å². The van der Waals surface area contributed by atoms with Crippen LogP contribution in [-0.4, -0.2) is 11.5 Å². The number of rotatable bonds is 5. The van der Waals surface area contributed by atoms with E-state index in [1.54, 1.807) is 11.8 Å². The van der Waals surface area contributed by atoms with Crippen LogP contribution in [-0.2, 0) is 0 Å². The molecule has 0 saturated heterocycles. The molecule has 134 valence electrons. The molecule has 0 amide bonds. The molecule has 0 atom stereocenters. The van der Waals surface area contributed by atoms with E-state index in [1.165, 1.54) is 4.90 Å². The Kier molecular flexibility index (Phi) is 5.21. The number of hydrogen-bond donors (Lipinski definition) is 0. The van der Waals surface area contributed by atoms with Gasteiger partial charge in [-0.1, -0.05) is 79.7 Å². The number of nitrogens with zero attached hydrogens (tertiary/aromatic N) is 1. The Bertz CT molecular complexity index is 1010. The van der Waals surface area contributed by atoms with E-state index in [-0.39, 0.29) is 5.78 Å². The molecule has 1 heterocycles. The summed E-state index contributed by atoms with van der Waals surface area (Å²) in [6.45, 7) is 2.11. The lowest BCUT2D eigenvalue weighted by Crippen LogP contribution is -2.03. The summed E-state index contributed by atoms with van der Waals surface area (Å²) in [5, 5.41) is 0. The number of Topliss-reactive ketones (excluding diaryl/α,β-unsaturated/α-hetero) is 1. The molecule has 1 aliphatic rings. The van der Waals surface area contributed by atoms with E-state index < -0.39 is 0 Å². The van der Waals surface area contributed by atoms with Crippen molar-refractivity contribution in [2.75, 3.05) is 0 Å². The highest BCUT2D eigenvalue weighted by Gasteiger charge is 2.19. The summed E-state index contributed by atoms with van der Waals surface area (Å²) in [5.41, 5.74) is 4.79. The minimum atomic E-state index is 0.197. The van der Waals surface area contributed by atoms with E-state index in [0.717, 1.165) is 45.8 Å². The fourth-order valence-electron chi connectivity index (χ4n) is 3.21. The zero-order valence-electron chi connectivity index (χ0n) is 15.3. The van der Waals surface area contributed by atoms with Crippen molar-refractivity contribution < 1.29 is 4.79 Å². The van der Waals surface area contributed by atoms with Crippen LogP contribution in [0.1, 0.15) is 47.7 Å². The predicted octanol–water partition coefficient (Wildman–Crippen LogP) is 6.69. The summed E-state index contributed by atoms with van der Waals surface area (Å²) in [4.78, 5) is 19.8. The smallest absolute Gasteiger partial charge is 0.162 e. The monoisotopic (exact) mass is 371 g/mol. The van der Waals surface area contributed by atoms with E-state index >= 15 is 0 Å². The molecule has 0 bridgehead atoms. The third kappa shape index (κ3) is 3.74. The average molecular weight is 372 g/mol. The van der Waals surface area contributed by atoms with E-state index in [9.17, 15) is 4.79 Å². The molecule has 2 nitrogen and oxygen atoms in total. The van der Waals surface area contributed by atoms with Crippen LogP contribution < -0.4 is 0 Å². The standard InChI is InChI=1S/C24H21NOS/c1-2-3-12-21(26)18-14-15-23-20(16-18)25-24(17-9-5-4-6-10-17)19-11-7-8-13-22(19)27-23/h4-11,13-16H,2-3,12H2,1H3. The predicted molar refractivity (Wildman–Crippen MR) is 113 cm³/mol. The van der Waals surface area contributed by atoms with E-state index in [2.05, 4.69) is 37.3 Å². The molecule has 0 radical (unpaired) electrons. The van der Waals surface area contributed by atoms with Gasteiger partial charge in [0.15, 0.2) is 5.78 Å². The molecule has 3 heteroatoms. The van der Waals surface area contributed by atoms with Crippen LogP contribution in [0.5, 0.6) is 0 Å². The number of aliphatic imine (C=N–C) groups is 1. The molecule has 0 N–H and O–H groups in total. The first kappa shape index (κ1) is 17.7. The molecule has 0 aliphatic carbocycles. The highest BCUT2D eigenvalue weighted by molar-refractivity contribution is 7.99. The number of ketones is 1. The summed E-state index contributed by atoms with van der Waals surface area (Å²) in [6, 6.07) is 24.5. The van der Waals surface area contributed by atoms with E-state index in [0.29, 0.717) is 6.42 Å². The van der Waals surface area contributed by atoms with Crippen molar-refractivity contribution in [2.24, 2.45) is 4.99 Å². The summed E-state index contributed by atoms with van der Waals surface area (Å²) in [7, 11) is 0. The number of carbonyl (C=O) groups is 1. The maximum atomic E-state index is 12.5. The van der Waals surface area contributed by atoms with Gasteiger partial charge in [-0.05, 0) is 24.6 Å². The van der Waals surface area contributed by atoms with Crippen molar-refractivity contribution in [1.29, 1.82) is 0 Å². The van der Waals surface area contributed by atoms with Gasteiger partial charge in [-0.2, -0.15) is 0 Å². The summed E-state index contributed by atoms with van der Waals surface area (Å²) < 4.78 is 0. The number of carbonyl (C=O) groups excluding carboxylic acids is 1. The second kappa shape index (κ2) is 7.93. The van der Waals surface area contributed by atoms with Gasteiger partial charge in [-0.3, -0.25) is 4.79 Å². The van der Waals surface area contributed by atoms with Crippen molar-refractivity contribution >= 4 is 28.9 Å². The fraction of sp³-hybridized carbons (Fsp3) is 0.167. The molecule has 0 unspecified atom stereocenters. The van der Waals surface area contributed by atoms with Gasteiger partial charge in [-0.15, -0.1) is 0 Å². The van der Waals surface area contributed by atoms with Crippen molar-refractivity contribution in [3.63, 3.8) is 0 Å². The first-order valence-electron chi connectivity index (χ1n) is 9.35. The van der Waals surface area contributed by atoms with Crippen LogP contribution in [0, 0.1) is 0 Å². The zero-order valence-corrected chi connectivity index (χ0v) is 16.1. The minimum absolute atomic E-state index is 0.197. The Morgan fingerprint density at radius 3 is 2.52 bits per heavy atom. The normalized spacial score (nSPS) is 12.6. The van der Waals surface area contributed by atoms with Crippen molar-refractivity contribution in [3.8, 4) is 0 Å². The number of hydrogen-bond acceptors (Lipinski definition) is 3. The lowest BCUT2D eigenvalue weighted by molar-refractivity contribution is 0.0979. The maximum Gasteiger partial charge on any atom is 0.162 e. The Morgan fingerprint density at radius 2 is 1.70 bits per heavy atom. The molecule has 27 heavy (non-hydrogen) atoms. The second-order valence-corrected chi connectivity index (χ2v) is 7.72. The molecule has 3 aromatic rings. The minimum Gasteiger partial charge on any atom is -0.294 e. The Labute approximate surface area is 164 Å². The first-order chi connectivity index (χ1) is 13.3. The van der Waals surface area contributed by atoms with Crippen LogP contribution in [0.25, 0.3) is 0 Å². The largest absolute Gasteiger partial charge is 0.294 e. The van der Waals surface area contributed by atoms with Gasteiger partial charge in [0.05, 0.1) is 11.4 Å². The van der Waals surface area contributed by atoms with Gasteiger partial charge >= 0.3 is 0 Å². The van der Waals surface area contributed by atoms with Crippen LogP contribution in [0.3, 0.4) is 0 Å². The molecular weight excluding hydrogens is 350 g/mol. The van der Waals surface area contributed by atoms with Gasteiger partial charge in [0.2, 0.25) is 0 Å². The number of unbranched alkanes of at least 4 members (excludes halogenated alkanes) is 1. The van der Waals surface area contributed by atoms with E-state index in [1.807, 2.05) is 42.5 Å². The highest BCUT2D eigenvalue weighted by atomic mass is 32.2. The molecule has 3 aromatic carbocycles. The molecule has 0 saturated carbocycles. The molecule has 0 aromatic heterocycles. The first-order valence-corrected chi connectivity index (χ1v) is 10.2. The topological polar surface area (TPSA) is 29.4 Å². The quantitative estimate of drug-likeness (QED) is 0.366. The van der Waals surface area contributed by atoms with Crippen molar-refractivity contribution in [3.05, 3.63) is 89.5 Å². The van der Waals surface area contributed by atoms with Gasteiger partial charge in [0.1, 0.15) is 0 Å². The van der Waals surface area contributed by atoms with Gasteiger partial charge < -0.3 is 0 Å². The number of fused-ring (bicyclic) bond motifs is 2. The average Bonchev–Trinajstić information content (AvgIpc) is 2.88. The lowest BCUT2D eigenvalue weighted by Gasteiger charge is -2.08. The van der Waals surface area contributed by atoms with Crippen LogP contribution in [0.2, 0.25) is 0 Å². The molecule has 1 aliphatic heterocycles. The van der Waals surface area contributed by atoms with E-state index in [4.69, 9.17) is 4.99 Å². The summed E-state index contributed by atoms with van der Waals surface area (Å²) in [6.07, 6.45) is 2.55. The molecule has 4 rings (SSSR count). The zero-order chi connectivity index (χ0) is 18.6. The Hall–Kier alpha value is -2.65. The van der Waals surface area contributed by atoms with Crippen LogP contribution in [0.4, 0.5) is 5.69 Å². The van der Waals surface area contributed by atoms with Crippen molar-refractivity contribution in [1.82, 2.24) is 0 Å². The van der Waals surface area contributed by atoms with Gasteiger partial charge in [-0.25, -0.2) is 4.99 Å². The Balaban J connectivity index is 1.84. The highest BCUT2D eigenvalue weighted by Crippen LogP contribution is 2.41.